The first-order valence-electron chi connectivity index (χ1n) is 5.88. The summed E-state index contributed by atoms with van der Waals surface area (Å²) in [5.41, 5.74) is 8.57. The summed E-state index contributed by atoms with van der Waals surface area (Å²) in [5.74, 6) is 0.334. The first-order valence-corrected chi connectivity index (χ1v) is 6.26. The molecule has 100 valence electrons. The van der Waals surface area contributed by atoms with E-state index in [4.69, 9.17) is 22.1 Å². The summed E-state index contributed by atoms with van der Waals surface area (Å²) in [7, 11) is 1.62. The molecule has 4 heteroatoms. The number of methoxy groups -OCH3 is 1. The lowest BCUT2D eigenvalue weighted by atomic mass is 9.97. The number of halogens is 2. The van der Waals surface area contributed by atoms with Gasteiger partial charge in [0.05, 0.1) is 18.2 Å². The summed E-state index contributed by atoms with van der Waals surface area (Å²) in [6.07, 6.45) is 0. The summed E-state index contributed by atoms with van der Waals surface area (Å²) in [4.78, 5) is 0. The van der Waals surface area contributed by atoms with Crippen molar-refractivity contribution in [3.05, 3.63) is 63.9 Å². The van der Waals surface area contributed by atoms with E-state index in [1.807, 2.05) is 25.1 Å². The van der Waals surface area contributed by atoms with Crippen LogP contribution >= 0.6 is 11.6 Å². The van der Waals surface area contributed by atoms with Crippen LogP contribution in [0.25, 0.3) is 0 Å². The Morgan fingerprint density at radius 2 is 2.00 bits per heavy atom. The molecule has 0 heterocycles. The Morgan fingerprint density at radius 1 is 1.26 bits per heavy atom. The van der Waals surface area contributed by atoms with E-state index in [0.717, 1.165) is 16.9 Å². The fourth-order valence-corrected chi connectivity index (χ4v) is 2.28. The van der Waals surface area contributed by atoms with Crippen molar-refractivity contribution in [3.8, 4) is 5.75 Å². The Bertz CT molecular complexity index is 601. The second kappa shape index (κ2) is 5.59. The summed E-state index contributed by atoms with van der Waals surface area (Å²) in [5, 5.41) is 0.0727. The number of benzene rings is 2. The third kappa shape index (κ3) is 2.72. The zero-order chi connectivity index (χ0) is 14.0. The number of aryl methyl sites for hydroxylation is 1. The van der Waals surface area contributed by atoms with E-state index < -0.39 is 11.9 Å². The van der Waals surface area contributed by atoms with E-state index in [1.165, 1.54) is 6.07 Å². The van der Waals surface area contributed by atoms with E-state index in [-0.39, 0.29) is 5.02 Å². The maximum Gasteiger partial charge on any atom is 0.142 e. The quantitative estimate of drug-likeness (QED) is 0.926. The molecule has 0 aliphatic rings. The van der Waals surface area contributed by atoms with Crippen LogP contribution in [0.1, 0.15) is 22.7 Å². The molecule has 0 fully saturated rings. The molecule has 2 N–H and O–H groups in total. The fourth-order valence-electron chi connectivity index (χ4n) is 2.04. The zero-order valence-electron chi connectivity index (χ0n) is 10.8. The van der Waals surface area contributed by atoms with Crippen molar-refractivity contribution in [2.45, 2.75) is 13.0 Å². The standard InChI is InChI=1S/C15H15ClFNO/c1-9-8-10(6-7-13(9)19-2)15(18)11-4-3-5-12(17)14(11)16/h3-8,15H,18H2,1-2H3. The lowest BCUT2D eigenvalue weighted by Crippen LogP contribution is -2.13. The highest BCUT2D eigenvalue weighted by Gasteiger charge is 2.15. The van der Waals surface area contributed by atoms with Crippen LogP contribution in [0.5, 0.6) is 5.75 Å². The first kappa shape index (κ1) is 13.8. The van der Waals surface area contributed by atoms with Gasteiger partial charge < -0.3 is 10.5 Å². The van der Waals surface area contributed by atoms with Gasteiger partial charge in [0.1, 0.15) is 11.6 Å². The third-order valence-electron chi connectivity index (χ3n) is 3.09. The van der Waals surface area contributed by atoms with E-state index in [2.05, 4.69) is 0 Å². The van der Waals surface area contributed by atoms with Crippen LogP contribution in [0.2, 0.25) is 5.02 Å². The molecule has 0 aromatic heterocycles. The average Bonchev–Trinajstić information content (AvgIpc) is 2.41. The molecule has 0 aliphatic heterocycles. The molecule has 19 heavy (non-hydrogen) atoms. The molecule has 0 amide bonds. The normalized spacial score (nSPS) is 12.3. The van der Waals surface area contributed by atoms with E-state index in [1.54, 1.807) is 19.2 Å². The van der Waals surface area contributed by atoms with Crippen LogP contribution in [-0.2, 0) is 0 Å². The minimum Gasteiger partial charge on any atom is -0.496 e. The monoisotopic (exact) mass is 279 g/mol. The van der Waals surface area contributed by atoms with Gasteiger partial charge >= 0.3 is 0 Å². The van der Waals surface area contributed by atoms with Crippen LogP contribution in [0.3, 0.4) is 0 Å². The van der Waals surface area contributed by atoms with Gasteiger partial charge in [-0.15, -0.1) is 0 Å². The molecule has 2 nitrogen and oxygen atoms in total. The van der Waals surface area contributed by atoms with Crippen molar-refractivity contribution in [1.29, 1.82) is 0 Å². The lowest BCUT2D eigenvalue weighted by Gasteiger charge is -2.16. The largest absolute Gasteiger partial charge is 0.496 e. The fraction of sp³-hybridized carbons (Fsp3) is 0.200. The molecule has 1 atom stereocenters. The summed E-state index contributed by atoms with van der Waals surface area (Å²) in [6.45, 7) is 1.93. The van der Waals surface area contributed by atoms with Crippen molar-refractivity contribution < 1.29 is 9.13 Å². The van der Waals surface area contributed by atoms with Crippen LogP contribution in [0, 0.1) is 12.7 Å². The molecule has 0 aliphatic carbocycles. The van der Waals surface area contributed by atoms with Crippen LogP contribution in [0.15, 0.2) is 36.4 Å². The Hall–Kier alpha value is -1.58. The van der Waals surface area contributed by atoms with Crippen molar-refractivity contribution in [2.24, 2.45) is 5.73 Å². The Kier molecular flexibility index (Phi) is 4.08. The molecule has 0 saturated heterocycles. The number of nitrogens with two attached hydrogens (primary N) is 1. The van der Waals surface area contributed by atoms with Gasteiger partial charge in [0.25, 0.3) is 0 Å². The van der Waals surface area contributed by atoms with Crippen molar-refractivity contribution >= 4 is 11.6 Å². The van der Waals surface area contributed by atoms with Gasteiger partial charge in [-0.3, -0.25) is 0 Å². The minimum atomic E-state index is -0.465. The highest BCUT2D eigenvalue weighted by Crippen LogP contribution is 2.30. The Balaban J connectivity index is 2.41. The van der Waals surface area contributed by atoms with E-state index in [0.29, 0.717) is 5.56 Å². The van der Waals surface area contributed by atoms with Gasteiger partial charge in [-0.1, -0.05) is 35.9 Å². The van der Waals surface area contributed by atoms with Gasteiger partial charge in [-0.05, 0) is 35.7 Å². The molecule has 0 saturated carbocycles. The topological polar surface area (TPSA) is 35.2 Å². The van der Waals surface area contributed by atoms with E-state index in [9.17, 15) is 4.39 Å². The van der Waals surface area contributed by atoms with Crippen molar-refractivity contribution in [1.82, 2.24) is 0 Å². The first-order chi connectivity index (χ1) is 9.04. The second-order valence-corrected chi connectivity index (χ2v) is 4.73. The minimum absolute atomic E-state index is 0.0727. The number of ether oxygens (including phenoxy) is 1. The predicted molar refractivity (Wildman–Crippen MR) is 75.2 cm³/mol. The zero-order valence-corrected chi connectivity index (χ0v) is 11.5. The highest BCUT2D eigenvalue weighted by molar-refractivity contribution is 6.31. The average molecular weight is 280 g/mol. The lowest BCUT2D eigenvalue weighted by molar-refractivity contribution is 0.411. The summed E-state index contributed by atoms with van der Waals surface area (Å²) < 4.78 is 18.6. The predicted octanol–water partition coefficient (Wildman–Crippen LogP) is 3.84. The second-order valence-electron chi connectivity index (χ2n) is 4.35. The smallest absolute Gasteiger partial charge is 0.142 e. The molecule has 0 radical (unpaired) electrons. The van der Waals surface area contributed by atoms with Gasteiger partial charge in [0.15, 0.2) is 0 Å². The highest BCUT2D eigenvalue weighted by atomic mass is 35.5. The molecular formula is C15H15ClFNO. The maximum atomic E-state index is 13.4. The van der Waals surface area contributed by atoms with Crippen molar-refractivity contribution in [2.75, 3.05) is 7.11 Å². The molecule has 2 aromatic rings. The third-order valence-corrected chi connectivity index (χ3v) is 3.49. The number of rotatable bonds is 3. The maximum absolute atomic E-state index is 13.4. The van der Waals surface area contributed by atoms with E-state index >= 15 is 0 Å². The van der Waals surface area contributed by atoms with Crippen molar-refractivity contribution in [3.63, 3.8) is 0 Å². The van der Waals surface area contributed by atoms with Crippen LogP contribution in [-0.4, -0.2) is 7.11 Å². The molecule has 2 rings (SSSR count). The molecule has 0 spiro atoms. The molecular weight excluding hydrogens is 265 g/mol. The van der Waals surface area contributed by atoms with Crippen LogP contribution < -0.4 is 10.5 Å². The van der Waals surface area contributed by atoms with Gasteiger partial charge in [0.2, 0.25) is 0 Å². The van der Waals surface area contributed by atoms with Gasteiger partial charge in [-0.2, -0.15) is 0 Å². The Labute approximate surface area is 117 Å². The SMILES string of the molecule is COc1ccc(C(N)c2cccc(F)c2Cl)cc1C. The Morgan fingerprint density at radius 3 is 2.63 bits per heavy atom. The van der Waals surface area contributed by atoms with Crippen LogP contribution in [0.4, 0.5) is 4.39 Å². The number of hydrogen-bond donors (Lipinski definition) is 1. The summed E-state index contributed by atoms with van der Waals surface area (Å²) in [6, 6.07) is 9.81. The molecule has 2 aromatic carbocycles. The van der Waals surface area contributed by atoms with Gasteiger partial charge in [0, 0.05) is 0 Å². The molecule has 1 unspecified atom stereocenters. The summed E-state index contributed by atoms with van der Waals surface area (Å²) >= 11 is 5.96. The molecule has 0 bridgehead atoms. The number of hydrogen-bond acceptors (Lipinski definition) is 2. The van der Waals surface area contributed by atoms with Gasteiger partial charge in [-0.25, -0.2) is 4.39 Å².